The third-order valence-corrected chi connectivity index (χ3v) is 11.3. The predicted molar refractivity (Wildman–Crippen MR) is 141 cm³/mol. The van der Waals surface area contributed by atoms with Gasteiger partial charge in [0.25, 0.3) is 0 Å². The molecular weight excluding hydrogens is 1020 g/mol. The summed E-state index contributed by atoms with van der Waals surface area (Å²) in [6, 6.07) is 1.33. The van der Waals surface area contributed by atoms with Gasteiger partial charge >= 0.3 is 95.3 Å². The summed E-state index contributed by atoms with van der Waals surface area (Å²) in [5.74, 6) is -117. The third-order valence-electron chi connectivity index (χ3n) is 8.54. The first-order valence-electron chi connectivity index (χ1n) is 15.7. The number of nitriles is 1. The van der Waals surface area contributed by atoms with E-state index in [0.717, 1.165) is 0 Å². The molecule has 0 spiro atoms. The lowest BCUT2D eigenvalue weighted by Crippen LogP contribution is -2.74. The summed E-state index contributed by atoms with van der Waals surface area (Å²) >= 11 is 0. The van der Waals surface area contributed by atoms with E-state index in [1.165, 1.54) is 6.07 Å². The van der Waals surface area contributed by atoms with Crippen molar-refractivity contribution in [2.45, 2.75) is 140 Å². The molecule has 0 saturated carbocycles. The number of alkyl halides is 34. The molecule has 0 aliphatic heterocycles. The summed E-state index contributed by atoms with van der Waals surface area (Å²) in [4.78, 5) is 0. The molecule has 0 amide bonds. The molecule has 0 bridgehead atoms. The zero-order valence-corrected chi connectivity index (χ0v) is 30.2. The Kier molecular flexibility index (Phi) is 17.0. The highest BCUT2D eigenvalue weighted by Gasteiger charge is 2.96. The van der Waals surface area contributed by atoms with Gasteiger partial charge in [0.05, 0.1) is 6.07 Å². The minimum absolute atomic E-state index is 0.586. The van der Waals surface area contributed by atoms with Crippen LogP contribution in [0.5, 0.6) is 0 Å². The van der Waals surface area contributed by atoms with E-state index in [2.05, 4.69) is 0 Å². The van der Waals surface area contributed by atoms with Crippen LogP contribution in [0, 0.1) is 11.3 Å². The summed E-state index contributed by atoms with van der Waals surface area (Å²) in [6.45, 7) is 0. The van der Waals surface area contributed by atoms with Gasteiger partial charge in [-0.1, -0.05) is 0 Å². The second-order valence-electron chi connectivity index (χ2n) is 13.0. The zero-order chi connectivity index (χ0) is 51.4. The van der Waals surface area contributed by atoms with Crippen molar-refractivity contribution in [1.82, 2.24) is 0 Å². The van der Waals surface area contributed by atoms with Gasteiger partial charge in [-0.2, -0.15) is 155 Å². The summed E-state index contributed by atoms with van der Waals surface area (Å²) in [6.07, 6.45) is -30.6. The molecule has 0 atom stereocenters. The molecule has 0 N–H and O–H groups in total. The van der Waals surface area contributed by atoms with Gasteiger partial charge in [0, 0.05) is 19.3 Å². The van der Waals surface area contributed by atoms with Gasteiger partial charge in [0.1, 0.15) is 0 Å². The Labute approximate surface area is 328 Å². The zero-order valence-electron chi connectivity index (χ0n) is 29.3. The second kappa shape index (κ2) is 17.6. The largest absolute Gasteiger partial charge is 0.460 e. The Balaban J connectivity index is 6.10. The number of rotatable bonds is 24. The Hall–Kier alpha value is -2.46. The maximum absolute atomic E-state index is 14.1. The van der Waals surface area contributed by atoms with Crippen LogP contribution in [0.25, 0.3) is 0 Å². The maximum atomic E-state index is 14.1. The van der Waals surface area contributed by atoms with E-state index in [0.29, 0.717) is 0 Å². The standard InChI is InChI=1S/C27H20F34NP/c28-12(29,14(32,33)16(36,37)18(40,41)20(44,45)22(48,49)24(52,53)26(56,57)58)6-1-3-9-63(11-5-8-62)10-4-2-7-13(30,31)15(34,35)17(38,39)19(42,43)21(46,47)23(50,51)25(54,55)27(59,60)61/h1-7,9-11H2. The summed E-state index contributed by atoms with van der Waals surface area (Å²) in [5, 5.41) is 8.65. The topological polar surface area (TPSA) is 23.8 Å². The van der Waals surface area contributed by atoms with Crippen LogP contribution >= 0.6 is 7.92 Å². The normalized spacial score (nSPS) is 16.2. The first-order chi connectivity index (χ1) is 27.1. The van der Waals surface area contributed by atoms with E-state index in [4.69, 9.17) is 5.26 Å². The summed E-state index contributed by atoms with van der Waals surface area (Å²) < 4.78 is 456. The number of halogens is 34. The van der Waals surface area contributed by atoms with Crippen molar-refractivity contribution in [2.24, 2.45) is 0 Å². The van der Waals surface area contributed by atoms with Crippen molar-refractivity contribution in [3.05, 3.63) is 0 Å². The molecule has 0 radical (unpaired) electrons. The van der Waals surface area contributed by atoms with Crippen LogP contribution in [-0.4, -0.2) is 114 Å². The van der Waals surface area contributed by atoms with Crippen LogP contribution in [0.2, 0.25) is 0 Å². The average Bonchev–Trinajstić information content (AvgIpc) is 3.08. The van der Waals surface area contributed by atoms with Crippen molar-refractivity contribution >= 4 is 7.92 Å². The van der Waals surface area contributed by atoms with Gasteiger partial charge in [-0.25, -0.2) is 0 Å². The Morgan fingerprint density at radius 1 is 0.270 bits per heavy atom. The van der Waals surface area contributed by atoms with Crippen LogP contribution in [0.15, 0.2) is 0 Å². The van der Waals surface area contributed by atoms with Crippen LogP contribution in [0.4, 0.5) is 149 Å². The summed E-state index contributed by atoms with van der Waals surface area (Å²) in [7, 11) is -2.21. The molecule has 36 heteroatoms. The molecule has 0 aromatic rings. The molecule has 376 valence electrons. The van der Waals surface area contributed by atoms with Gasteiger partial charge in [-0.05, 0) is 44.2 Å². The van der Waals surface area contributed by atoms with Crippen molar-refractivity contribution < 1.29 is 149 Å². The lowest BCUT2D eigenvalue weighted by atomic mass is 9.88. The summed E-state index contributed by atoms with van der Waals surface area (Å²) in [5.41, 5.74) is 0. The van der Waals surface area contributed by atoms with Crippen molar-refractivity contribution in [3.63, 3.8) is 0 Å². The lowest BCUT2D eigenvalue weighted by molar-refractivity contribution is -0.461. The first-order valence-corrected chi connectivity index (χ1v) is 17.6. The van der Waals surface area contributed by atoms with Gasteiger partial charge in [0.2, 0.25) is 0 Å². The molecule has 0 saturated heterocycles. The molecule has 0 aliphatic rings. The Morgan fingerprint density at radius 2 is 0.476 bits per heavy atom. The van der Waals surface area contributed by atoms with Crippen molar-refractivity contribution in [1.29, 1.82) is 5.26 Å². The van der Waals surface area contributed by atoms with E-state index >= 15 is 0 Å². The number of nitrogens with zero attached hydrogens (tertiary/aromatic N) is 1. The van der Waals surface area contributed by atoms with E-state index < -0.39 is 167 Å². The third kappa shape index (κ3) is 9.57. The maximum Gasteiger partial charge on any atom is 0.460 e. The fourth-order valence-electron chi connectivity index (χ4n) is 4.62. The smallest absolute Gasteiger partial charge is 0.200 e. The molecule has 0 unspecified atom stereocenters. The van der Waals surface area contributed by atoms with Crippen LogP contribution in [0.3, 0.4) is 0 Å². The van der Waals surface area contributed by atoms with Gasteiger partial charge in [-0.15, -0.1) is 7.92 Å². The SMILES string of the molecule is N#CCCP(CCCCC(F)(F)C(F)(F)C(F)(F)C(F)(F)C(F)(F)C(F)(F)C(F)(F)C(F)(F)F)CCCCC(F)(F)C(F)(F)C(F)(F)C(F)(F)C(F)(F)C(F)(F)C(F)(F)C(F)(F)F. The number of hydrogen-bond acceptors (Lipinski definition) is 1. The van der Waals surface area contributed by atoms with Crippen LogP contribution in [-0.2, 0) is 0 Å². The van der Waals surface area contributed by atoms with Crippen molar-refractivity contribution in [2.75, 3.05) is 18.5 Å². The Bertz CT molecular complexity index is 1460. The minimum Gasteiger partial charge on any atom is -0.200 e. The fraction of sp³-hybridized carbons (Fsp3) is 0.963. The molecular formula is C27H20F34NP. The second-order valence-corrected chi connectivity index (χ2v) is 15.6. The minimum atomic E-state index is -8.91. The van der Waals surface area contributed by atoms with Crippen LogP contribution in [0.1, 0.15) is 44.9 Å². The van der Waals surface area contributed by atoms with Crippen molar-refractivity contribution in [3.8, 4) is 6.07 Å². The van der Waals surface area contributed by atoms with E-state index in [1.807, 2.05) is 0 Å². The average molecular weight is 1040 g/mol. The molecule has 0 fully saturated rings. The predicted octanol–water partition coefficient (Wildman–Crippen LogP) is 14.7. The number of hydrogen-bond donors (Lipinski definition) is 0. The Morgan fingerprint density at radius 3 is 0.683 bits per heavy atom. The fourth-order valence-corrected chi connectivity index (χ4v) is 7.04. The van der Waals surface area contributed by atoms with Gasteiger partial charge in [-0.3, -0.25) is 0 Å². The van der Waals surface area contributed by atoms with E-state index in [-0.39, 0.29) is 0 Å². The van der Waals surface area contributed by atoms with Gasteiger partial charge < -0.3 is 0 Å². The van der Waals surface area contributed by atoms with Gasteiger partial charge in [0.15, 0.2) is 0 Å². The van der Waals surface area contributed by atoms with E-state index in [9.17, 15) is 149 Å². The highest BCUT2D eigenvalue weighted by molar-refractivity contribution is 7.57. The highest BCUT2D eigenvalue weighted by atomic mass is 31.1. The number of unbranched alkanes of at least 4 members (excludes halogenated alkanes) is 2. The monoisotopic (exact) mass is 1040 g/mol. The van der Waals surface area contributed by atoms with Crippen LogP contribution < -0.4 is 0 Å². The molecule has 0 rings (SSSR count). The molecule has 0 aromatic carbocycles. The first kappa shape index (κ1) is 60.5. The molecule has 1 nitrogen and oxygen atoms in total. The molecule has 0 aliphatic carbocycles. The molecule has 63 heavy (non-hydrogen) atoms. The molecule has 0 heterocycles. The molecule has 0 aromatic heterocycles. The van der Waals surface area contributed by atoms with E-state index in [1.54, 1.807) is 0 Å². The quantitative estimate of drug-likeness (QED) is 0.0537. The lowest BCUT2D eigenvalue weighted by Gasteiger charge is -2.42. The highest BCUT2D eigenvalue weighted by Crippen LogP contribution is 2.66.